The summed E-state index contributed by atoms with van der Waals surface area (Å²) in [6.07, 6.45) is 5.03. The summed E-state index contributed by atoms with van der Waals surface area (Å²) in [6.45, 7) is 6.91. The topological polar surface area (TPSA) is 90.4 Å². The van der Waals surface area contributed by atoms with Gasteiger partial charge in [0, 0.05) is 18.7 Å². The van der Waals surface area contributed by atoms with Gasteiger partial charge >= 0.3 is 0 Å². The van der Waals surface area contributed by atoms with Crippen LogP contribution in [-0.4, -0.2) is 39.6 Å². The summed E-state index contributed by atoms with van der Waals surface area (Å²) < 4.78 is 7.93. The highest BCUT2D eigenvalue weighted by Crippen LogP contribution is 2.43. The number of nitrogens with two attached hydrogens (primary N) is 1. The average Bonchev–Trinajstić information content (AvgIpc) is 3.15. The number of rotatable bonds is 6. The monoisotopic (exact) mass is 470 g/mol. The molecule has 2 aromatic carbocycles. The molecule has 35 heavy (non-hydrogen) atoms. The zero-order chi connectivity index (χ0) is 24.6. The van der Waals surface area contributed by atoms with Crippen LogP contribution in [0.15, 0.2) is 67.3 Å². The molecule has 0 radical (unpaired) electrons. The van der Waals surface area contributed by atoms with E-state index >= 15 is 0 Å². The van der Waals surface area contributed by atoms with Gasteiger partial charge in [0.05, 0.1) is 16.8 Å². The normalized spacial score (nSPS) is 18.3. The van der Waals surface area contributed by atoms with Gasteiger partial charge in [-0.1, -0.05) is 38.1 Å². The number of ether oxygens (including phenoxy) is 1. The van der Waals surface area contributed by atoms with E-state index in [1.54, 1.807) is 4.90 Å². The first-order valence-electron chi connectivity index (χ1n) is 12.1. The average molecular weight is 471 g/mol. The smallest absolute Gasteiger partial charge is 0.252 e. The lowest BCUT2D eigenvalue weighted by Gasteiger charge is -2.50. The van der Waals surface area contributed by atoms with E-state index in [0.717, 1.165) is 42.7 Å². The molecule has 2 aliphatic heterocycles. The van der Waals surface area contributed by atoms with E-state index in [0.29, 0.717) is 36.0 Å². The first kappa shape index (κ1) is 22.9. The van der Waals surface area contributed by atoms with E-state index in [9.17, 15) is 9.59 Å². The number of primary amides is 1. The SMILES string of the molecule is C=CC(=O)N1CC2(CCC(CC)Cc3c(C(N)=O)c(-c4ccc(Oc5ccccc5)cc4)nn32)C1. The summed E-state index contributed by atoms with van der Waals surface area (Å²) in [5, 5.41) is 4.99. The highest BCUT2D eigenvalue weighted by Gasteiger charge is 2.50. The van der Waals surface area contributed by atoms with Crippen molar-refractivity contribution in [1.29, 1.82) is 0 Å². The van der Waals surface area contributed by atoms with Crippen molar-refractivity contribution in [3.8, 4) is 22.8 Å². The molecule has 1 spiro atoms. The summed E-state index contributed by atoms with van der Waals surface area (Å²) in [6, 6.07) is 17.1. The van der Waals surface area contributed by atoms with Crippen LogP contribution in [0.3, 0.4) is 0 Å². The van der Waals surface area contributed by atoms with Crippen molar-refractivity contribution in [2.45, 2.75) is 38.1 Å². The highest BCUT2D eigenvalue weighted by atomic mass is 16.5. The molecule has 7 nitrogen and oxygen atoms in total. The molecule has 3 heterocycles. The van der Waals surface area contributed by atoms with E-state index in [-0.39, 0.29) is 11.4 Å². The maximum absolute atomic E-state index is 12.7. The molecule has 3 aromatic rings. The largest absolute Gasteiger partial charge is 0.457 e. The molecule has 1 aromatic heterocycles. The number of fused-ring (bicyclic) bond motifs is 2. The molecule has 1 fully saturated rings. The Labute approximate surface area is 205 Å². The quantitative estimate of drug-likeness (QED) is 0.536. The Morgan fingerprint density at radius 3 is 2.46 bits per heavy atom. The molecule has 2 aliphatic rings. The number of carbonyl (C=O) groups excluding carboxylic acids is 2. The van der Waals surface area contributed by atoms with Gasteiger partial charge in [0.2, 0.25) is 5.91 Å². The van der Waals surface area contributed by atoms with Crippen LogP contribution in [0.5, 0.6) is 11.5 Å². The van der Waals surface area contributed by atoms with Crippen LogP contribution in [0.4, 0.5) is 0 Å². The number of likely N-dealkylation sites (tertiary alicyclic amines) is 1. The van der Waals surface area contributed by atoms with Crippen LogP contribution in [0.25, 0.3) is 11.3 Å². The van der Waals surface area contributed by atoms with Gasteiger partial charge in [0.15, 0.2) is 0 Å². The number of carbonyl (C=O) groups is 2. The van der Waals surface area contributed by atoms with Crippen LogP contribution in [-0.2, 0) is 16.8 Å². The van der Waals surface area contributed by atoms with Gasteiger partial charge in [-0.25, -0.2) is 0 Å². The molecule has 7 heteroatoms. The zero-order valence-electron chi connectivity index (χ0n) is 19.9. The molecule has 0 saturated carbocycles. The Hall–Kier alpha value is -3.87. The number of nitrogens with zero attached hydrogens (tertiary/aromatic N) is 3. The van der Waals surface area contributed by atoms with Gasteiger partial charge in [-0.2, -0.15) is 5.10 Å². The standard InChI is InChI=1S/C28H30N4O3/c1-3-19-14-15-28(17-31(18-28)24(33)4-2)32-23(16-19)25(27(29)34)26(30-32)20-10-12-22(13-11-20)35-21-8-6-5-7-9-21/h4-13,19H,2-3,14-18H2,1H3,(H2,29,34). The lowest BCUT2D eigenvalue weighted by atomic mass is 9.83. The van der Waals surface area contributed by atoms with Gasteiger partial charge in [-0.05, 0) is 67.7 Å². The van der Waals surface area contributed by atoms with E-state index in [2.05, 4.69) is 13.5 Å². The fourth-order valence-electron chi connectivity index (χ4n) is 5.34. The van der Waals surface area contributed by atoms with Crippen molar-refractivity contribution < 1.29 is 14.3 Å². The Kier molecular flexibility index (Phi) is 5.93. The second-order valence-electron chi connectivity index (χ2n) is 9.53. The number of hydrogen-bond acceptors (Lipinski definition) is 4. The van der Waals surface area contributed by atoms with Crippen molar-refractivity contribution in [2.24, 2.45) is 11.7 Å². The first-order valence-corrected chi connectivity index (χ1v) is 12.1. The second-order valence-corrected chi connectivity index (χ2v) is 9.53. The predicted octanol–water partition coefficient (Wildman–Crippen LogP) is 4.53. The van der Waals surface area contributed by atoms with Crippen LogP contribution < -0.4 is 10.5 Å². The van der Waals surface area contributed by atoms with Gasteiger partial charge in [-0.15, -0.1) is 0 Å². The summed E-state index contributed by atoms with van der Waals surface area (Å²) in [5.74, 6) is 1.33. The van der Waals surface area contributed by atoms with Crippen LogP contribution in [0.1, 0.15) is 42.2 Å². The maximum Gasteiger partial charge on any atom is 0.252 e. The summed E-state index contributed by atoms with van der Waals surface area (Å²) >= 11 is 0. The van der Waals surface area contributed by atoms with Gasteiger partial charge in [0.25, 0.3) is 5.91 Å². The number of benzene rings is 2. The third-order valence-corrected chi connectivity index (χ3v) is 7.32. The molecule has 2 amide bonds. The molecular formula is C28H30N4O3. The first-order chi connectivity index (χ1) is 16.9. The summed E-state index contributed by atoms with van der Waals surface area (Å²) in [5.41, 5.74) is 8.37. The number of aromatic nitrogens is 2. The van der Waals surface area contributed by atoms with Crippen LogP contribution in [0, 0.1) is 5.92 Å². The van der Waals surface area contributed by atoms with Crippen molar-refractivity contribution in [3.05, 3.63) is 78.5 Å². The lowest BCUT2D eigenvalue weighted by Crippen LogP contribution is -2.64. The van der Waals surface area contributed by atoms with Crippen molar-refractivity contribution in [2.75, 3.05) is 13.1 Å². The Bertz CT molecular complexity index is 1260. The minimum Gasteiger partial charge on any atom is -0.457 e. The number of para-hydroxylation sites is 1. The summed E-state index contributed by atoms with van der Waals surface area (Å²) in [7, 11) is 0. The molecule has 1 saturated heterocycles. The molecule has 2 N–H and O–H groups in total. The van der Waals surface area contributed by atoms with E-state index < -0.39 is 5.91 Å². The van der Waals surface area contributed by atoms with Crippen molar-refractivity contribution in [3.63, 3.8) is 0 Å². The minimum absolute atomic E-state index is 0.0787. The van der Waals surface area contributed by atoms with Crippen LogP contribution in [0.2, 0.25) is 0 Å². The van der Waals surface area contributed by atoms with E-state index in [4.69, 9.17) is 15.6 Å². The molecule has 5 rings (SSSR count). The molecular weight excluding hydrogens is 440 g/mol. The fourth-order valence-corrected chi connectivity index (χ4v) is 5.34. The number of hydrogen-bond donors (Lipinski definition) is 1. The van der Waals surface area contributed by atoms with Gasteiger partial charge in [0.1, 0.15) is 17.2 Å². The molecule has 1 atom stereocenters. The van der Waals surface area contributed by atoms with Gasteiger partial charge in [-0.3, -0.25) is 14.3 Å². The second kappa shape index (κ2) is 9.06. The Balaban J connectivity index is 1.53. The maximum atomic E-state index is 12.7. The van der Waals surface area contributed by atoms with Gasteiger partial charge < -0.3 is 15.4 Å². The number of amides is 2. The molecule has 1 unspecified atom stereocenters. The summed E-state index contributed by atoms with van der Waals surface area (Å²) in [4.78, 5) is 26.7. The minimum atomic E-state index is -0.476. The Morgan fingerprint density at radius 1 is 1.14 bits per heavy atom. The molecule has 0 aliphatic carbocycles. The third kappa shape index (κ3) is 4.11. The van der Waals surface area contributed by atoms with Crippen molar-refractivity contribution in [1.82, 2.24) is 14.7 Å². The lowest BCUT2D eigenvalue weighted by molar-refractivity contribution is -0.137. The van der Waals surface area contributed by atoms with E-state index in [1.807, 2.05) is 59.3 Å². The van der Waals surface area contributed by atoms with E-state index in [1.165, 1.54) is 6.08 Å². The van der Waals surface area contributed by atoms with Crippen LogP contribution >= 0.6 is 0 Å². The molecule has 0 bridgehead atoms. The van der Waals surface area contributed by atoms with Crippen molar-refractivity contribution >= 4 is 11.8 Å². The third-order valence-electron chi connectivity index (χ3n) is 7.32. The fraction of sp³-hybridized carbons (Fsp3) is 0.321. The molecule has 180 valence electrons. The highest BCUT2D eigenvalue weighted by molar-refractivity contribution is 6.00. The zero-order valence-corrected chi connectivity index (χ0v) is 19.9. The Morgan fingerprint density at radius 2 is 1.83 bits per heavy atom. The predicted molar refractivity (Wildman–Crippen MR) is 134 cm³/mol.